The third kappa shape index (κ3) is 5.06. The molecule has 2 aliphatic rings. The molecule has 0 N–H and O–H groups in total. The van der Waals surface area contributed by atoms with E-state index in [1.165, 1.54) is 22.3 Å². The summed E-state index contributed by atoms with van der Waals surface area (Å²) in [6.45, 7) is 3.71. The van der Waals surface area contributed by atoms with Crippen molar-refractivity contribution in [3.63, 3.8) is 0 Å². The molecule has 2 aliphatic heterocycles. The van der Waals surface area contributed by atoms with Crippen LogP contribution in [0.1, 0.15) is 27.1 Å². The highest BCUT2D eigenvalue weighted by molar-refractivity contribution is 7.22. The van der Waals surface area contributed by atoms with Gasteiger partial charge in [-0.25, -0.2) is 9.37 Å². The van der Waals surface area contributed by atoms with Gasteiger partial charge in [0.15, 0.2) is 5.13 Å². The second kappa shape index (κ2) is 10.8. The van der Waals surface area contributed by atoms with Gasteiger partial charge in [-0.05, 0) is 30.7 Å². The Balaban J connectivity index is 0.00000289. The molecule has 3 amide bonds. The van der Waals surface area contributed by atoms with Gasteiger partial charge in [-0.3, -0.25) is 29.1 Å². The van der Waals surface area contributed by atoms with E-state index in [0.717, 1.165) is 24.5 Å². The van der Waals surface area contributed by atoms with E-state index in [1.807, 2.05) is 0 Å². The van der Waals surface area contributed by atoms with Crippen molar-refractivity contribution < 1.29 is 23.5 Å². The number of morpholine rings is 1. The summed E-state index contributed by atoms with van der Waals surface area (Å²) in [5.74, 6) is -1.87. The summed E-state index contributed by atoms with van der Waals surface area (Å²) in [6, 6.07) is 11.2. The molecule has 11 heteroatoms. The second-order valence-corrected chi connectivity index (χ2v) is 9.19. The number of imide groups is 1. The molecule has 0 spiro atoms. The number of hydrogen-bond acceptors (Lipinski definition) is 7. The van der Waals surface area contributed by atoms with Crippen LogP contribution < -0.4 is 4.90 Å². The van der Waals surface area contributed by atoms with E-state index >= 15 is 0 Å². The van der Waals surface area contributed by atoms with Crippen molar-refractivity contribution in [2.24, 2.45) is 0 Å². The first-order chi connectivity index (χ1) is 16.5. The predicted octanol–water partition coefficient (Wildman–Crippen LogP) is 3.21. The van der Waals surface area contributed by atoms with E-state index < -0.39 is 30.1 Å². The number of amides is 3. The maximum absolute atomic E-state index is 14.3. The highest BCUT2D eigenvalue weighted by Gasteiger charge is 2.37. The van der Waals surface area contributed by atoms with Gasteiger partial charge in [-0.2, -0.15) is 0 Å². The second-order valence-electron chi connectivity index (χ2n) is 8.18. The van der Waals surface area contributed by atoms with Crippen molar-refractivity contribution in [2.45, 2.75) is 6.42 Å². The molecule has 1 aromatic heterocycles. The Kier molecular flexibility index (Phi) is 7.75. The van der Waals surface area contributed by atoms with E-state index in [-0.39, 0.29) is 17.9 Å². The number of hydrogen-bond donors (Lipinski definition) is 0. The first-order valence-corrected chi connectivity index (χ1v) is 12.0. The number of halogens is 2. The lowest BCUT2D eigenvalue weighted by Crippen LogP contribution is -2.44. The molecule has 0 bridgehead atoms. The summed E-state index contributed by atoms with van der Waals surface area (Å²) < 4.78 is 20.3. The molecule has 3 heterocycles. The molecular formula is C24H24ClFN4O4S. The van der Waals surface area contributed by atoms with E-state index in [1.54, 1.807) is 36.4 Å². The number of fused-ring (bicyclic) bond motifs is 2. The number of anilines is 1. The molecule has 1 saturated heterocycles. The van der Waals surface area contributed by atoms with Crippen molar-refractivity contribution in [1.82, 2.24) is 14.8 Å². The highest BCUT2D eigenvalue weighted by atomic mass is 35.5. The van der Waals surface area contributed by atoms with Gasteiger partial charge in [0.05, 0.1) is 29.0 Å². The third-order valence-corrected chi connectivity index (χ3v) is 7.07. The minimum absolute atomic E-state index is 0. The molecular weight excluding hydrogens is 495 g/mol. The topological polar surface area (TPSA) is 83.1 Å². The molecule has 8 nitrogen and oxygen atoms in total. The number of para-hydroxylation sites is 1. The maximum Gasteiger partial charge on any atom is 0.262 e. The maximum atomic E-state index is 14.3. The van der Waals surface area contributed by atoms with Gasteiger partial charge in [0.2, 0.25) is 5.91 Å². The number of benzene rings is 2. The standard InChI is InChI=1S/C24H23FN4O4S.ClH/c25-18-7-3-8-19-21(18)26-24(34-19)28(10-4-9-27-11-13-33-14-12-27)20(30)15-29-22(31)16-5-1-2-6-17(16)23(29)32;/h1-3,5-8H,4,9-15H2;1H. The SMILES string of the molecule is Cl.O=C1c2ccccc2C(=O)N1CC(=O)N(CCCN1CCOCC1)c1nc2c(F)cccc2s1. The van der Waals surface area contributed by atoms with Crippen molar-refractivity contribution in [3.05, 3.63) is 59.4 Å². The minimum Gasteiger partial charge on any atom is -0.379 e. The third-order valence-electron chi connectivity index (χ3n) is 6.02. The van der Waals surface area contributed by atoms with E-state index in [4.69, 9.17) is 4.74 Å². The molecule has 0 aliphatic carbocycles. The zero-order valence-electron chi connectivity index (χ0n) is 18.8. The van der Waals surface area contributed by atoms with Crippen molar-refractivity contribution in [2.75, 3.05) is 50.8 Å². The molecule has 0 atom stereocenters. The summed E-state index contributed by atoms with van der Waals surface area (Å²) in [7, 11) is 0. The number of nitrogens with zero attached hydrogens (tertiary/aromatic N) is 4. The Labute approximate surface area is 211 Å². The molecule has 0 unspecified atom stereocenters. The van der Waals surface area contributed by atoms with Crippen molar-refractivity contribution in [1.29, 1.82) is 0 Å². The molecule has 1 fully saturated rings. The van der Waals surface area contributed by atoms with Gasteiger partial charge in [0.25, 0.3) is 11.8 Å². The molecule has 0 saturated carbocycles. The Morgan fingerprint density at radius 1 is 1.06 bits per heavy atom. The molecule has 5 rings (SSSR count). The summed E-state index contributed by atoms with van der Waals surface area (Å²) in [4.78, 5) is 48.0. The van der Waals surface area contributed by atoms with Crippen LogP contribution in [0.4, 0.5) is 9.52 Å². The van der Waals surface area contributed by atoms with Crippen LogP contribution in [0, 0.1) is 5.82 Å². The number of thiazole rings is 1. The van der Waals surface area contributed by atoms with Crippen LogP contribution in [-0.4, -0.2) is 78.4 Å². The summed E-state index contributed by atoms with van der Waals surface area (Å²) in [5.41, 5.74) is 0.789. The molecule has 35 heavy (non-hydrogen) atoms. The molecule has 2 aromatic carbocycles. The van der Waals surface area contributed by atoms with Crippen LogP contribution in [0.3, 0.4) is 0 Å². The average Bonchev–Trinajstić information content (AvgIpc) is 3.39. The van der Waals surface area contributed by atoms with Crippen LogP contribution in [0.5, 0.6) is 0 Å². The lowest BCUT2D eigenvalue weighted by molar-refractivity contribution is -0.119. The van der Waals surface area contributed by atoms with E-state index in [0.29, 0.717) is 47.1 Å². The molecule has 0 radical (unpaired) electrons. The van der Waals surface area contributed by atoms with Gasteiger partial charge in [0, 0.05) is 26.2 Å². The van der Waals surface area contributed by atoms with E-state index in [2.05, 4.69) is 9.88 Å². The quantitative estimate of drug-likeness (QED) is 0.447. The fourth-order valence-electron chi connectivity index (χ4n) is 4.23. The zero-order valence-corrected chi connectivity index (χ0v) is 20.4. The Morgan fingerprint density at radius 3 is 2.40 bits per heavy atom. The van der Waals surface area contributed by atoms with Crippen LogP contribution >= 0.6 is 23.7 Å². The van der Waals surface area contributed by atoms with Crippen molar-refractivity contribution >= 4 is 56.8 Å². The Hall–Kier alpha value is -2.92. The summed E-state index contributed by atoms with van der Waals surface area (Å²) >= 11 is 1.21. The summed E-state index contributed by atoms with van der Waals surface area (Å²) in [5, 5.41) is 0.351. The van der Waals surface area contributed by atoms with Gasteiger partial charge >= 0.3 is 0 Å². The van der Waals surface area contributed by atoms with Crippen LogP contribution in [0.15, 0.2) is 42.5 Å². The normalized spacial score (nSPS) is 15.9. The van der Waals surface area contributed by atoms with Gasteiger partial charge in [0.1, 0.15) is 17.9 Å². The predicted molar refractivity (Wildman–Crippen MR) is 133 cm³/mol. The summed E-state index contributed by atoms with van der Waals surface area (Å²) in [6.07, 6.45) is 0.659. The number of aromatic nitrogens is 1. The van der Waals surface area contributed by atoms with Gasteiger partial charge < -0.3 is 4.74 Å². The zero-order chi connectivity index (χ0) is 23.7. The fraction of sp³-hybridized carbons (Fsp3) is 0.333. The van der Waals surface area contributed by atoms with Gasteiger partial charge in [-0.15, -0.1) is 12.4 Å². The molecule has 3 aromatic rings. The number of carbonyl (C=O) groups excluding carboxylic acids is 3. The van der Waals surface area contributed by atoms with Gasteiger partial charge in [-0.1, -0.05) is 29.5 Å². The monoisotopic (exact) mass is 518 g/mol. The minimum atomic E-state index is -0.488. The van der Waals surface area contributed by atoms with Crippen molar-refractivity contribution in [3.8, 4) is 0 Å². The Morgan fingerprint density at radius 2 is 1.74 bits per heavy atom. The highest BCUT2D eigenvalue weighted by Crippen LogP contribution is 2.31. The van der Waals surface area contributed by atoms with E-state index in [9.17, 15) is 18.8 Å². The number of rotatable bonds is 7. The lowest BCUT2D eigenvalue weighted by Gasteiger charge is -2.28. The number of ether oxygens (including phenoxy) is 1. The first kappa shape index (κ1) is 25.2. The number of carbonyl (C=O) groups is 3. The fourth-order valence-corrected chi connectivity index (χ4v) is 5.25. The van der Waals surface area contributed by atoms with Crippen LogP contribution in [0.25, 0.3) is 10.2 Å². The van der Waals surface area contributed by atoms with Crippen LogP contribution in [0.2, 0.25) is 0 Å². The smallest absolute Gasteiger partial charge is 0.262 e. The first-order valence-electron chi connectivity index (χ1n) is 11.1. The largest absolute Gasteiger partial charge is 0.379 e. The Bertz CT molecular complexity index is 1230. The lowest BCUT2D eigenvalue weighted by atomic mass is 10.1. The average molecular weight is 519 g/mol. The van der Waals surface area contributed by atoms with Crippen LogP contribution in [-0.2, 0) is 9.53 Å². The molecule has 184 valence electrons.